The van der Waals surface area contributed by atoms with Crippen LogP contribution in [0.3, 0.4) is 0 Å². The molecule has 1 amide bonds. The number of hydrogen-bond acceptors (Lipinski definition) is 4. The second kappa shape index (κ2) is 10.1. The van der Waals surface area contributed by atoms with Crippen LogP contribution >= 0.6 is 11.6 Å². The summed E-state index contributed by atoms with van der Waals surface area (Å²) < 4.78 is 20.3. The van der Waals surface area contributed by atoms with Crippen LogP contribution in [0, 0.1) is 6.92 Å². The lowest BCUT2D eigenvalue weighted by Gasteiger charge is -2.14. The standard InChI is InChI=1S/C25H22ClN3O3S/c1-17-21(9-6-10-23(17)32-2)27-24(30)16-33(31)25-28-22(18-7-4-3-5-8-18)15-29(25)20-13-11-19(26)12-14-20/h3-15H,16H2,1-2H3,(H,27,30)/t33-/m0/s1. The maximum Gasteiger partial charge on any atom is 0.328 e. The predicted molar refractivity (Wildman–Crippen MR) is 132 cm³/mol. The third-order valence-corrected chi connectivity index (χ3v) is 6.56. The number of methoxy groups -OCH3 is 1. The van der Waals surface area contributed by atoms with Crippen LogP contribution in [0.15, 0.2) is 84.1 Å². The van der Waals surface area contributed by atoms with Crippen molar-refractivity contribution in [3.63, 3.8) is 0 Å². The Labute approximate surface area is 200 Å². The summed E-state index contributed by atoms with van der Waals surface area (Å²) in [5.74, 6) is 0.0477. The van der Waals surface area contributed by atoms with Gasteiger partial charge in [-0.1, -0.05) is 48.0 Å². The lowest BCUT2D eigenvalue weighted by Crippen LogP contribution is -2.25. The number of carbonyl (C=O) groups is 1. The smallest absolute Gasteiger partial charge is 0.328 e. The normalized spacial score (nSPS) is 11.8. The average Bonchev–Trinajstić information content (AvgIpc) is 3.27. The van der Waals surface area contributed by atoms with Gasteiger partial charge in [0.05, 0.1) is 18.5 Å². The highest BCUT2D eigenvalue weighted by molar-refractivity contribution is 7.92. The van der Waals surface area contributed by atoms with Crippen LogP contribution in [0.2, 0.25) is 5.02 Å². The van der Waals surface area contributed by atoms with Crippen molar-refractivity contribution in [2.75, 3.05) is 18.2 Å². The molecule has 0 unspecified atom stereocenters. The van der Waals surface area contributed by atoms with Crippen LogP contribution in [0.1, 0.15) is 5.56 Å². The summed E-state index contributed by atoms with van der Waals surface area (Å²) in [7, 11) is 1.57. The Morgan fingerprint density at radius 1 is 1.09 bits per heavy atom. The molecule has 8 heteroatoms. The molecule has 3 aromatic carbocycles. The number of halogens is 1. The molecule has 6 nitrogen and oxygen atoms in total. The fourth-order valence-corrected chi connectivity index (χ4v) is 4.54. The first-order valence-electron chi connectivity index (χ1n) is 10.2. The minimum absolute atomic E-state index is 0.241. The van der Waals surface area contributed by atoms with Gasteiger partial charge in [0.1, 0.15) is 5.75 Å². The summed E-state index contributed by atoms with van der Waals surface area (Å²) >= 11 is 4.34. The van der Waals surface area contributed by atoms with Gasteiger partial charge in [-0.2, -0.15) is 4.98 Å². The van der Waals surface area contributed by atoms with Crippen LogP contribution in [0.25, 0.3) is 16.9 Å². The molecule has 0 spiro atoms. The highest BCUT2D eigenvalue weighted by atomic mass is 35.5. The number of nitrogens with one attached hydrogen (secondary N) is 1. The van der Waals surface area contributed by atoms with Crippen LogP contribution in [-0.4, -0.2) is 32.9 Å². The molecule has 33 heavy (non-hydrogen) atoms. The SMILES string of the molecule is COc1cccc(NC(=O)C[S@+]([O-])c2nc(-c3ccccc3)cn2-c2ccc(Cl)cc2)c1C. The molecule has 0 radical (unpaired) electrons. The van der Waals surface area contributed by atoms with E-state index in [2.05, 4.69) is 10.3 Å². The maximum absolute atomic E-state index is 13.3. The number of imidazole rings is 1. The molecule has 0 saturated carbocycles. The van der Waals surface area contributed by atoms with Crippen molar-refractivity contribution >= 4 is 34.4 Å². The second-order valence-corrected chi connectivity index (χ2v) is 9.07. The van der Waals surface area contributed by atoms with Crippen molar-refractivity contribution in [3.8, 4) is 22.7 Å². The molecule has 1 atom stereocenters. The molecule has 0 bridgehead atoms. The van der Waals surface area contributed by atoms with Crippen LogP contribution in [0.5, 0.6) is 5.75 Å². The highest BCUT2D eigenvalue weighted by Crippen LogP contribution is 2.27. The van der Waals surface area contributed by atoms with Gasteiger partial charge in [-0.3, -0.25) is 9.36 Å². The van der Waals surface area contributed by atoms with Crippen LogP contribution in [0.4, 0.5) is 5.69 Å². The van der Waals surface area contributed by atoms with E-state index in [1.807, 2.05) is 61.7 Å². The number of amides is 1. The van der Waals surface area contributed by atoms with Gasteiger partial charge in [0.15, 0.2) is 5.75 Å². The van der Waals surface area contributed by atoms with Gasteiger partial charge in [0.25, 0.3) is 5.91 Å². The van der Waals surface area contributed by atoms with Crippen molar-refractivity contribution in [1.29, 1.82) is 0 Å². The maximum atomic E-state index is 13.3. The lowest BCUT2D eigenvalue weighted by atomic mass is 10.2. The van der Waals surface area contributed by atoms with E-state index in [0.29, 0.717) is 22.2 Å². The molecule has 0 saturated heterocycles. The van der Waals surface area contributed by atoms with Gasteiger partial charge in [-0.05, 0) is 43.3 Å². The van der Waals surface area contributed by atoms with E-state index in [0.717, 1.165) is 16.8 Å². The topological polar surface area (TPSA) is 79.2 Å². The van der Waals surface area contributed by atoms with Crippen molar-refractivity contribution in [3.05, 3.63) is 89.6 Å². The van der Waals surface area contributed by atoms with Gasteiger partial charge in [-0.15, -0.1) is 0 Å². The molecule has 1 heterocycles. The van der Waals surface area contributed by atoms with E-state index >= 15 is 0 Å². The number of rotatable bonds is 7. The third-order valence-electron chi connectivity index (χ3n) is 5.09. The Bertz CT molecular complexity index is 1260. The fraction of sp³-hybridized carbons (Fsp3) is 0.120. The number of anilines is 1. The Balaban J connectivity index is 1.62. The number of benzene rings is 3. The number of aromatic nitrogens is 2. The first-order chi connectivity index (χ1) is 16.0. The van der Waals surface area contributed by atoms with E-state index < -0.39 is 11.2 Å². The summed E-state index contributed by atoms with van der Waals surface area (Å²) in [4.78, 5) is 17.3. The van der Waals surface area contributed by atoms with E-state index in [1.54, 1.807) is 35.9 Å². The van der Waals surface area contributed by atoms with Gasteiger partial charge < -0.3 is 14.6 Å². The Morgan fingerprint density at radius 2 is 1.82 bits per heavy atom. The van der Waals surface area contributed by atoms with Gasteiger partial charge in [0.2, 0.25) is 0 Å². The van der Waals surface area contributed by atoms with E-state index in [9.17, 15) is 9.35 Å². The highest BCUT2D eigenvalue weighted by Gasteiger charge is 2.25. The van der Waals surface area contributed by atoms with Crippen molar-refractivity contribution in [2.24, 2.45) is 0 Å². The summed E-state index contributed by atoms with van der Waals surface area (Å²) in [6.07, 6.45) is 1.82. The van der Waals surface area contributed by atoms with Crippen LogP contribution in [-0.2, 0) is 16.0 Å². The molecular weight excluding hydrogens is 458 g/mol. The molecule has 168 valence electrons. The van der Waals surface area contributed by atoms with Gasteiger partial charge in [-0.25, -0.2) is 0 Å². The molecule has 0 fully saturated rings. The second-order valence-electron chi connectivity index (χ2n) is 7.29. The Kier molecular flexibility index (Phi) is 7.03. The monoisotopic (exact) mass is 479 g/mol. The predicted octanol–water partition coefficient (Wildman–Crippen LogP) is 5.26. The van der Waals surface area contributed by atoms with Crippen LogP contribution < -0.4 is 10.1 Å². The van der Waals surface area contributed by atoms with E-state index in [4.69, 9.17) is 16.3 Å². The largest absolute Gasteiger partial charge is 0.609 e. The molecule has 0 aliphatic heterocycles. The van der Waals surface area contributed by atoms with E-state index in [1.165, 1.54) is 0 Å². The van der Waals surface area contributed by atoms with Gasteiger partial charge >= 0.3 is 5.16 Å². The lowest BCUT2D eigenvalue weighted by molar-refractivity contribution is -0.113. The number of ether oxygens (including phenoxy) is 1. The van der Waals surface area contributed by atoms with Crippen molar-refractivity contribution in [1.82, 2.24) is 9.55 Å². The first kappa shape index (κ1) is 22.9. The first-order valence-corrected chi connectivity index (χ1v) is 11.9. The zero-order valence-corrected chi connectivity index (χ0v) is 19.7. The third kappa shape index (κ3) is 5.22. The molecular formula is C25H22ClN3O3S. The molecule has 1 N–H and O–H groups in total. The number of carbonyl (C=O) groups excluding carboxylic acids is 1. The summed E-state index contributed by atoms with van der Waals surface area (Å²) in [5.41, 5.74) is 3.72. The molecule has 0 aliphatic carbocycles. The number of nitrogens with zero attached hydrogens (tertiary/aromatic N) is 2. The van der Waals surface area contributed by atoms with E-state index in [-0.39, 0.29) is 16.8 Å². The summed E-state index contributed by atoms with van der Waals surface area (Å²) in [6, 6.07) is 22.1. The zero-order valence-electron chi connectivity index (χ0n) is 18.1. The Hall–Kier alpha value is -3.26. The summed E-state index contributed by atoms with van der Waals surface area (Å²) in [5, 5.41) is 3.71. The molecule has 4 aromatic rings. The van der Waals surface area contributed by atoms with Crippen molar-refractivity contribution in [2.45, 2.75) is 12.1 Å². The van der Waals surface area contributed by atoms with Gasteiger partial charge in [0, 0.05) is 39.2 Å². The zero-order chi connectivity index (χ0) is 23.4. The minimum Gasteiger partial charge on any atom is -0.609 e. The molecule has 0 aliphatic rings. The number of hydrogen-bond donors (Lipinski definition) is 1. The fourth-order valence-electron chi connectivity index (χ4n) is 3.40. The average molecular weight is 480 g/mol. The Morgan fingerprint density at radius 3 is 2.52 bits per heavy atom. The van der Waals surface area contributed by atoms with Crippen molar-refractivity contribution < 1.29 is 14.1 Å². The molecule has 1 aromatic heterocycles. The quantitative estimate of drug-likeness (QED) is 0.367. The summed E-state index contributed by atoms with van der Waals surface area (Å²) in [6.45, 7) is 1.85. The molecule has 4 rings (SSSR count). The minimum atomic E-state index is -1.70.